The molecule has 6 rings (SSSR count). The lowest BCUT2D eigenvalue weighted by molar-refractivity contribution is -0.169. The van der Waals surface area contributed by atoms with E-state index in [0.717, 1.165) is 41.9 Å². The Hall–Kier alpha value is -4.31. The summed E-state index contributed by atoms with van der Waals surface area (Å²) in [4.78, 5) is 41.5. The molecule has 0 bridgehead atoms. The highest BCUT2D eigenvalue weighted by Crippen LogP contribution is 2.36. The number of nitrogens with zero attached hydrogens (tertiary/aromatic N) is 5. The number of fused-ring (bicyclic) bond motifs is 1. The third kappa shape index (κ3) is 4.61. The van der Waals surface area contributed by atoms with Crippen molar-refractivity contribution in [2.24, 2.45) is 5.41 Å². The Bertz CT molecular complexity index is 1540. The first-order valence-corrected chi connectivity index (χ1v) is 13.2. The second kappa shape index (κ2) is 9.77. The number of aromatic nitrogens is 4. The van der Waals surface area contributed by atoms with Crippen LogP contribution >= 0.6 is 0 Å². The second-order valence-electron chi connectivity index (χ2n) is 10.7. The minimum atomic E-state index is -0.431. The summed E-state index contributed by atoms with van der Waals surface area (Å²) in [5.41, 5.74) is 9.69. The summed E-state index contributed by atoms with van der Waals surface area (Å²) in [7, 11) is 0. The topological polar surface area (TPSA) is 128 Å². The van der Waals surface area contributed by atoms with Gasteiger partial charge in [0, 0.05) is 48.7 Å². The van der Waals surface area contributed by atoms with E-state index in [4.69, 9.17) is 15.5 Å². The number of imidazole rings is 1. The van der Waals surface area contributed by atoms with Crippen molar-refractivity contribution in [1.82, 2.24) is 24.3 Å². The van der Waals surface area contributed by atoms with E-state index in [-0.39, 0.29) is 17.7 Å². The molecule has 1 aromatic carbocycles. The number of amides is 2. The van der Waals surface area contributed by atoms with Gasteiger partial charge in [0.05, 0.1) is 18.6 Å². The average molecular weight is 526 g/mol. The molecule has 2 aliphatic rings. The molecule has 10 nitrogen and oxygen atoms in total. The van der Waals surface area contributed by atoms with E-state index < -0.39 is 5.41 Å². The van der Waals surface area contributed by atoms with Crippen molar-refractivity contribution >= 4 is 29.0 Å². The molecule has 0 radical (unpaired) electrons. The summed E-state index contributed by atoms with van der Waals surface area (Å²) >= 11 is 0. The fourth-order valence-electron chi connectivity index (χ4n) is 5.37. The molecular weight excluding hydrogens is 494 g/mol. The van der Waals surface area contributed by atoms with Gasteiger partial charge in [-0.25, -0.2) is 15.0 Å². The minimum Gasteiger partial charge on any atom is -0.382 e. The summed E-state index contributed by atoms with van der Waals surface area (Å²) in [5.74, 6) is 1.69. The maximum absolute atomic E-state index is 13.2. The van der Waals surface area contributed by atoms with Gasteiger partial charge in [-0.15, -0.1) is 0 Å². The molecule has 0 aliphatic carbocycles. The zero-order valence-electron chi connectivity index (χ0n) is 22.1. The first kappa shape index (κ1) is 25.0. The number of hydrogen-bond acceptors (Lipinski definition) is 7. The molecule has 4 aromatic rings. The predicted octanol–water partition coefficient (Wildman–Crippen LogP) is 3.68. The molecule has 3 aromatic heterocycles. The van der Waals surface area contributed by atoms with Crippen molar-refractivity contribution < 1.29 is 14.3 Å². The van der Waals surface area contributed by atoms with Gasteiger partial charge >= 0.3 is 0 Å². The number of rotatable bonds is 5. The van der Waals surface area contributed by atoms with E-state index in [1.54, 1.807) is 30.6 Å². The van der Waals surface area contributed by atoms with Crippen LogP contribution in [0.3, 0.4) is 0 Å². The lowest BCUT2D eigenvalue weighted by Crippen LogP contribution is -2.55. The Kier molecular flexibility index (Phi) is 6.26. The SMILES string of the molecule is Cc1ccc(NC(=O)c2ccc(-c3nc(C4CCCN(C(=O)C5(C)COC5)C4)n4ccnc(N)c34)cc2)nc1. The molecule has 5 heterocycles. The molecule has 200 valence electrons. The Labute approximate surface area is 226 Å². The Morgan fingerprint density at radius 1 is 1.13 bits per heavy atom. The molecule has 10 heteroatoms. The number of nitrogen functional groups attached to an aromatic ring is 1. The van der Waals surface area contributed by atoms with Crippen molar-refractivity contribution in [3.8, 4) is 11.3 Å². The van der Waals surface area contributed by atoms with E-state index in [2.05, 4.69) is 15.3 Å². The third-order valence-electron chi connectivity index (χ3n) is 7.62. The molecule has 1 atom stereocenters. The maximum Gasteiger partial charge on any atom is 0.256 e. The number of hydrogen-bond donors (Lipinski definition) is 2. The van der Waals surface area contributed by atoms with Gasteiger partial charge in [0.1, 0.15) is 28.7 Å². The van der Waals surface area contributed by atoms with Gasteiger partial charge in [-0.2, -0.15) is 0 Å². The van der Waals surface area contributed by atoms with Crippen LogP contribution in [0.15, 0.2) is 55.0 Å². The van der Waals surface area contributed by atoms with Gasteiger partial charge in [0.15, 0.2) is 0 Å². The zero-order chi connectivity index (χ0) is 27.1. The van der Waals surface area contributed by atoms with Crippen LogP contribution in [0.1, 0.15) is 47.4 Å². The van der Waals surface area contributed by atoms with Crippen molar-refractivity contribution in [3.05, 3.63) is 71.9 Å². The molecule has 39 heavy (non-hydrogen) atoms. The molecule has 2 aliphatic heterocycles. The average Bonchev–Trinajstić information content (AvgIpc) is 3.34. The fraction of sp³-hybridized carbons (Fsp3) is 0.345. The lowest BCUT2D eigenvalue weighted by Gasteiger charge is -2.42. The summed E-state index contributed by atoms with van der Waals surface area (Å²) in [5, 5.41) is 2.82. The molecule has 0 saturated carbocycles. The normalized spacial score (nSPS) is 18.5. The van der Waals surface area contributed by atoms with Gasteiger partial charge in [-0.3, -0.25) is 14.0 Å². The van der Waals surface area contributed by atoms with E-state index in [0.29, 0.717) is 42.7 Å². The number of nitrogens with one attached hydrogen (secondary N) is 1. The van der Waals surface area contributed by atoms with Gasteiger partial charge in [0.2, 0.25) is 5.91 Å². The fourth-order valence-corrected chi connectivity index (χ4v) is 5.37. The van der Waals surface area contributed by atoms with Crippen molar-refractivity contribution in [2.45, 2.75) is 32.6 Å². The van der Waals surface area contributed by atoms with Crippen LogP contribution < -0.4 is 11.1 Å². The zero-order valence-corrected chi connectivity index (χ0v) is 22.1. The quantitative estimate of drug-likeness (QED) is 0.407. The number of pyridine rings is 1. The van der Waals surface area contributed by atoms with Crippen molar-refractivity contribution in [3.63, 3.8) is 0 Å². The number of aryl methyl sites for hydroxylation is 1. The Morgan fingerprint density at radius 3 is 2.62 bits per heavy atom. The number of likely N-dealkylation sites (tertiary alicyclic amines) is 1. The molecule has 1 unspecified atom stereocenters. The molecular formula is C29H31N7O3. The highest BCUT2D eigenvalue weighted by atomic mass is 16.5. The van der Waals surface area contributed by atoms with Crippen LogP contribution in [0.2, 0.25) is 0 Å². The number of nitrogens with two attached hydrogens (primary N) is 1. The predicted molar refractivity (Wildman–Crippen MR) is 147 cm³/mol. The van der Waals surface area contributed by atoms with E-state index in [1.807, 2.05) is 47.5 Å². The maximum atomic E-state index is 13.2. The molecule has 3 N–H and O–H groups in total. The summed E-state index contributed by atoms with van der Waals surface area (Å²) in [6.45, 7) is 6.20. The van der Waals surface area contributed by atoms with Crippen LogP contribution in [-0.2, 0) is 9.53 Å². The summed E-state index contributed by atoms with van der Waals surface area (Å²) in [6.07, 6.45) is 7.07. The summed E-state index contributed by atoms with van der Waals surface area (Å²) < 4.78 is 7.32. The first-order valence-electron chi connectivity index (χ1n) is 13.2. The molecule has 2 saturated heterocycles. The van der Waals surface area contributed by atoms with Gasteiger partial charge in [-0.1, -0.05) is 18.2 Å². The highest BCUT2D eigenvalue weighted by Gasteiger charge is 2.44. The van der Waals surface area contributed by atoms with E-state index >= 15 is 0 Å². The number of anilines is 2. The Balaban J connectivity index is 1.28. The number of carbonyl (C=O) groups excluding carboxylic acids is 2. The largest absolute Gasteiger partial charge is 0.382 e. The van der Waals surface area contributed by atoms with E-state index in [1.165, 1.54) is 0 Å². The minimum absolute atomic E-state index is 0.0578. The molecule has 0 spiro atoms. The standard InChI is InChI=1S/C29H31N7O3/c1-18-5-10-22(32-14-18)33-27(37)20-8-6-19(7-9-20)23-24-25(30)31-11-13-36(24)26(34-23)21-4-3-12-35(15-21)28(38)29(2)16-39-17-29/h5-11,13-14,21H,3-4,12,15-17H2,1-2H3,(H2,30,31)(H,32,33,37). The molecule has 2 fully saturated rings. The lowest BCUT2D eigenvalue weighted by atomic mass is 9.85. The second-order valence-corrected chi connectivity index (χ2v) is 10.7. The van der Waals surface area contributed by atoms with Gasteiger partial charge in [0.25, 0.3) is 5.91 Å². The third-order valence-corrected chi connectivity index (χ3v) is 7.62. The van der Waals surface area contributed by atoms with E-state index in [9.17, 15) is 9.59 Å². The van der Waals surface area contributed by atoms with Crippen LogP contribution in [-0.4, -0.2) is 62.4 Å². The van der Waals surface area contributed by atoms with Crippen LogP contribution in [0.4, 0.5) is 11.6 Å². The number of piperidine rings is 1. The van der Waals surface area contributed by atoms with Crippen LogP contribution in [0.5, 0.6) is 0 Å². The highest BCUT2D eigenvalue weighted by molar-refractivity contribution is 6.04. The first-order chi connectivity index (χ1) is 18.8. The number of ether oxygens (including phenoxy) is 1. The van der Waals surface area contributed by atoms with Gasteiger partial charge in [-0.05, 0) is 50.5 Å². The summed E-state index contributed by atoms with van der Waals surface area (Å²) in [6, 6.07) is 10.9. The monoisotopic (exact) mass is 525 g/mol. The Morgan fingerprint density at radius 2 is 1.92 bits per heavy atom. The van der Waals surface area contributed by atoms with Gasteiger partial charge < -0.3 is 20.7 Å². The number of benzene rings is 1. The van der Waals surface area contributed by atoms with Crippen molar-refractivity contribution in [1.29, 1.82) is 0 Å². The van der Waals surface area contributed by atoms with Crippen molar-refractivity contribution in [2.75, 3.05) is 37.4 Å². The molecule has 2 amide bonds. The smallest absolute Gasteiger partial charge is 0.256 e. The number of carbonyl (C=O) groups is 2. The van der Waals surface area contributed by atoms with Crippen LogP contribution in [0, 0.1) is 12.3 Å². The van der Waals surface area contributed by atoms with Crippen LogP contribution in [0.25, 0.3) is 16.8 Å².